The molecule has 0 spiro atoms. The molecule has 0 bridgehead atoms. The number of unbranched alkanes of at least 4 members (excludes halogenated alkanes) is 5. The highest BCUT2D eigenvalue weighted by Crippen LogP contribution is 2.39. The number of benzene rings is 2. The normalized spacial score (nSPS) is 13.1. The zero-order valence-electron chi connectivity index (χ0n) is 22.3. The summed E-state index contributed by atoms with van der Waals surface area (Å²) in [6.07, 6.45) is 8.97. The quantitative estimate of drug-likeness (QED) is 0.292. The fourth-order valence-electron chi connectivity index (χ4n) is 5.20. The van der Waals surface area contributed by atoms with Gasteiger partial charge >= 0.3 is 5.97 Å². The summed E-state index contributed by atoms with van der Waals surface area (Å²) in [5.41, 5.74) is 4.53. The van der Waals surface area contributed by atoms with Crippen LogP contribution in [0.5, 0.6) is 5.75 Å². The van der Waals surface area contributed by atoms with Crippen LogP contribution in [0, 0.1) is 12.3 Å². The molecule has 3 N–H and O–H groups in total. The smallest absolute Gasteiger partial charge is 0.335 e. The number of carbonyl (C=O) groups excluding carboxylic acids is 1. The molecule has 0 aliphatic carbocycles. The maximum absolute atomic E-state index is 12.7. The van der Waals surface area contributed by atoms with Crippen LogP contribution in [0.3, 0.4) is 0 Å². The number of carboxylic acids is 1. The standard InChI is InChI=1S/C30H42N2O4/c1-5-6-7-8-9-12-16-32-17-15-22-18-24(29(35)36)21(2)25(27(22)32)19-30(3,4)20-31-28(34)23-13-10-11-14-26(23)33/h10-11,13-14,18,33H,5-9,12,15-17,19-20H2,1-4H3,(H,31,34)(H,35,36). The number of fused-ring (bicyclic) bond motifs is 1. The Bertz CT molecular complexity index is 1080. The molecule has 0 atom stereocenters. The summed E-state index contributed by atoms with van der Waals surface area (Å²) in [5, 5.41) is 22.8. The van der Waals surface area contributed by atoms with E-state index in [-0.39, 0.29) is 22.6 Å². The number of hydrogen-bond donors (Lipinski definition) is 3. The lowest BCUT2D eigenvalue weighted by Gasteiger charge is -2.30. The molecule has 2 aromatic rings. The second kappa shape index (κ2) is 12.3. The van der Waals surface area contributed by atoms with Crippen molar-refractivity contribution in [2.24, 2.45) is 5.41 Å². The number of nitrogens with zero attached hydrogens (tertiary/aromatic N) is 1. The fraction of sp³-hybridized carbons (Fsp3) is 0.533. The van der Waals surface area contributed by atoms with Crippen molar-refractivity contribution in [1.29, 1.82) is 0 Å². The molecular weight excluding hydrogens is 452 g/mol. The molecule has 1 heterocycles. The number of rotatable bonds is 13. The molecule has 0 saturated heterocycles. The number of nitrogens with one attached hydrogen (secondary N) is 1. The van der Waals surface area contributed by atoms with Crippen molar-refractivity contribution in [2.45, 2.75) is 79.1 Å². The first-order valence-corrected chi connectivity index (χ1v) is 13.3. The van der Waals surface area contributed by atoms with Crippen LogP contribution in [0.2, 0.25) is 0 Å². The van der Waals surface area contributed by atoms with Crippen LogP contribution in [0.1, 0.15) is 96.7 Å². The maximum Gasteiger partial charge on any atom is 0.335 e. The maximum atomic E-state index is 12.7. The Morgan fingerprint density at radius 3 is 2.44 bits per heavy atom. The SMILES string of the molecule is CCCCCCCCN1CCc2cc(C(=O)O)c(C)c(CC(C)(C)CNC(=O)c3ccccc3O)c21. The molecule has 196 valence electrons. The van der Waals surface area contributed by atoms with Gasteiger partial charge in [0, 0.05) is 25.3 Å². The molecule has 6 heteroatoms. The van der Waals surface area contributed by atoms with Crippen molar-refractivity contribution in [3.8, 4) is 5.75 Å². The summed E-state index contributed by atoms with van der Waals surface area (Å²) >= 11 is 0. The van der Waals surface area contributed by atoms with Gasteiger partial charge in [-0.2, -0.15) is 0 Å². The fourth-order valence-corrected chi connectivity index (χ4v) is 5.20. The number of aromatic hydroxyl groups is 1. The Hall–Kier alpha value is -3.02. The van der Waals surface area contributed by atoms with Gasteiger partial charge in [0.2, 0.25) is 0 Å². The summed E-state index contributed by atoms with van der Waals surface area (Å²) in [7, 11) is 0. The monoisotopic (exact) mass is 494 g/mol. The highest BCUT2D eigenvalue weighted by atomic mass is 16.4. The van der Waals surface area contributed by atoms with Gasteiger partial charge in [-0.15, -0.1) is 0 Å². The summed E-state index contributed by atoms with van der Waals surface area (Å²) in [4.78, 5) is 27.1. The van der Waals surface area contributed by atoms with Crippen LogP contribution in [0.25, 0.3) is 0 Å². The average molecular weight is 495 g/mol. The van der Waals surface area contributed by atoms with Crippen molar-refractivity contribution >= 4 is 17.6 Å². The van der Waals surface area contributed by atoms with E-state index >= 15 is 0 Å². The summed E-state index contributed by atoms with van der Waals surface area (Å²) < 4.78 is 0. The first-order valence-electron chi connectivity index (χ1n) is 13.3. The van der Waals surface area contributed by atoms with Crippen LogP contribution in [0.4, 0.5) is 5.69 Å². The van der Waals surface area contributed by atoms with E-state index in [1.54, 1.807) is 18.2 Å². The molecule has 1 amide bonds. The highest BCUT2D eigenvalue weighted by Gasteiger charge is 2.30. The first-order chi connectivity index (χ1) is 17.1. The minimum absolute atomic E-state index is 0.0408. The minimum atomic E-state index is -0.892. The van der Waals surface area contributed by atoms with Gasteiger partial charge in [-0.05, 0) is 66.5 Å². The van der Waals surface area contributed by atoms with Gasteiger partial charge in [0.1, 0.15) is 5.75 Å². The van der Waals surface area contributed by atoms with Gasteiger partial charge in [-0.25, -0.2) is 4.79 Å². The van der Waals surface area contributed by atoms with E-state index in [1.165, 1.54) is 43.9 Å². The van der Waals surface area contributed by atoms with Crippen molar-refractivity contribution in [3.63, 3.8) is 0 Å². The molecule has 0 fully saturated rings. The predicted octanol–water partition coefficient (Wildman–Crippen LogP) is 6.12. The highest BCUT2D eigenvalue weighted by molar-refractivity contribution is 5.96. The molecular formula is C30H42N2O4. The van der Waals surface area contributed by atoms with Gasteiger partial charge in [0.25, 0.3) is 5.91 Å². The number of aromatic carboxylic acids is 1. The molecule has 6 nitrogen and oxygen atoms in total. The zero-order chi connectivity index (χ0) is 26.3. The Morgan fingerprint density at radius 1 is 1.06 bits per heavy atom. The summed E-state index contributed by atoms with van der Waals surface area (Å²) in [6, 6.07) is 8.38. The van der Waals surface area contributed by atoms with E-state index in [0.717, 1.165) is 42.6 Å². The molecule has 2 aromatic carbocycles. The molecule has 0 radical (unpaired) electrons. The largest absolute Gasteiger partial charge is 0.507 e. The lowest BCUT2D eigenvalue weighted by Crippen LogP contribution is -2.36. The number of phenols is 1. The van der Waals surface area contributed by atoms with Gasteiger partial charge in [0.15, 0.2) is 0 Å². The Kier molecular flexibility index (Phi) is 9.41. The van der Waals surface area contributed by atoms with E-state index in [0.29, 0.717) is 18.5 Å². The second-order valence-corrected chi connectivity index (χ2v) is 10.9. The lowest BCUT2D eigenvalue weighted by molar-refractivity contribution is 0.0695. The Labute approximate surface area is 215 Å². The Balaban J connectivity index is 1.77. The van der Waals surface area contributed by atoms with E-state index in [9.17, 15) is 19.8 Å². The average Bonchev–Trinajstić information content (AvgIpc) is 3.24. The van der Waals surface area contributed by atoms with E-state index < -0.39 is 5.97 Å². The third-order valence-electron chi connectivity index (χ3n) is 7.28. The van der Waals surface area contributed by atoms with E-state index in [4.69, 9.17) is 0 Å². The van der Waals surface area contributed by atoms with Crippen LogP contribution < -0.4 is 10.2 Å². The zero-order valence-corrected chi connectivity index (χ0v) is 22.3. The van der Waals surface area contributed by atoms with Crippen molar-refractivity contribution in [1.82, 2.24) is 5.32 Å². The molecule has 3 rings (SSSR count). The first kappa shape index (κ1) is 27.6. The van der Waals surface area contributed by atoms with Crippen LogP contribution in [0.15, 0.2) is 30.3 Å². The lowest BCUT2D eigenvalue weighted by atomic mass is 9.81. The number of carbonyl (C=O) groups is 2. The molecule has 0 aromatic heterocycles. The van der Waals surface area contributed by atoms with Gasteiger partial charge < -0.3 is 20.4 Å². The predicted molar refractivity (Wildman–Crippen MR) is 145 cm³/mol. The molecule has 0 saturated carbocycles. The van der Waals surface area contributed by atoms with Gasteiger partial charge in [-0.1, -0.05) is 65.0 Å². The summed E-state index contributed by atoms with van der Waals surface area (Å²) in [5.74, 6) is -1.25. The van der Waals surface area contributed by atoms with Gasteiger partial charge in [0.05, 0.1) is 11.1 Å². The van der Waals surface area contributed by atoms with Gasteiger partial charge in [-0.3, -0.25) is 4.79 Å². The van der Waals surface area contributed by atoms with Crippen LogP contribution >= 0.6 is 0 Å². The van der Waals surface area contributed by atoms with Crippen molar-refractivity contribution in [3.05, 3.63) is 58.1 Å². The van der Waals surface area contributed by atoms with Crippen LogP contribution in [-0.2, 0) is 12.8 Å². The van der Waals surface area contributed by atoms with Crippen LogP contribution in [-0.4, -0.2) is 41.7 Å². The molecule has 0 unspecified atom stereocenters. The minimum Gasteiger partial charge on any atom is -0.507 e. The molecule has 1 aliphatic rings. The number of carboxylic acid groups (broad SMARTS) is 1. The second-order valence-electron chi connectivity index (χ2n) is 10.9. The third-order valence-corrected chi connectivity index (χ3v) is 7.28. The number of phenolic OH excluding ortho intramolecular Hbond substituents is 1. The van der Waals surface area contributed by atoms with Crippen molar-refractivity contribution in [2.75, 3.05) is 24.5 Å². The number of hydrogen-bond acceptors (Lipinski definition) is 4. The van der Waals surface area contributed by atoms with E-state index in [2.05, 4.69) is 31.0 Å². The Morgan fingerprint density at radius 2 is 1.75 bits per heavy atom. The molecule has 36 heavy (non-hydrogen) atoms. The number of amides is 1. The summed E-state index contributed by atoms with van der Waals surface area (Å²) in [6.45, 7) is 10.6. The molecule has 1 aliphatic heterocycles. The number of para-hydroxylation sites is 1. The number of anilines is 1. The topological polar surface area (TPSA) is 89.9 Å². The van der Waals surface area contributed by atoms with Crippen molar-refractivity contribution < 1.29 is 19.8 Å². The van der Waals surface area contributed by atoms with E-state index in [1.807, 2.05) is 13.0 Å². The third kappa shape index (κ3) is 6.80.